The molecule has 2 unspecified atom stereocenters. The molecule has 0 aliphatic rings. The van der Waals surface area contributed by atoms with E-state index in [0.717, 1.165) is 17.8 Å². The van der Waals surface area contributed by atoms with E-state index >= 15 is 0 Å². The van der Waals surface area contributed by atoms with E-state index < -0.39 is 0 Å². The van der Waals surface area contributed by atoms with Gasteiger partial charge in [0.2, 0.25) is 0 Å². The maximum Gasteiger partial charge on any atom is -0.0354 e. The Morgan fingerprint density at radius 2 is 1.23 bits per heavy atom. The highest BCUT2D eigenvalue weighted by atomic mass is 14.2. The van der Waals surface area contributed by atoms with Gasteiger partial charge in [-0.1, -0.05) is 106 Å². The molecule has 0 amide bonds. The van der Waals surface area contributed by atoms with Crippen molar-refractivity contribution in [1.29, 1.82) is 0 Å². The van der Waals surface area contributed by atoms with Crippen molar-refractivity contribution in [2.75, 3.05) is 0 Å². The van der Waals surface area contributed by atoms with Crippen LogP contribution in [0.3, 0.4) is 0 Å². The Morgan fingerprint density at radius 3 is 1.73 bits per heavy atom. The third kappa shape index (κ3) is 12.5. The summed E-state index contributed by atoms with van der Waals surface area (Å²) in [4.78, 5) is 0. The van der Waals surface area contributed by atoms with E-state index in [2.05, 4.69) is 48.5 Å². The minimum Gasteiger partial charge on any atom is -0.0651 e. The van der Waals surface area contributed by atoms with E-state index in [1.165, 1.54) is 70.6 Å². The third-order valence-corrected chi connectivity index (χ3v) is 5.68. The Labute approximate surface area is 142 Å². The Morgan fingerprint density at radius 1 is 0.682 bits per heavy atom. The quantitative estimate of drug-likeness (QED) is 0.303. The van der Waals surface area contributed by atoms with Crippen LogP contribution in [0, 0.1) is 23.2 Å². The van der Waals surface area contributed by atoms with Gasteiger partial charge in [0.25, 0.3) is 0 Å². The molecule has 0 heteroatoms. The molecule has 0 radical (unpaired) electrons. The van der Waals surface area contributed by atoms with Crippen molar-refractivity contribution in [2.24, 2.45) is 23.2 Å². The topological polar surface area (TPSA) is 0 Å². The van der Waals surface area contributed by atoms with Gasteiger partial charge in [0, 0.05) is 0 Å². The van der Waals surface area contributed by atoms with Gasteiger partial charge in [0.05, 0.1) is 0 Å². The first-order valence-corrected chi connectivity index (χ1v) is 10.3. The summed E-state index contributed by atoms with van der Waals surface area (Å²) in [5, 5.41) is 0. The van der Waals surface area contributed by atoms with Crippen LogP contribution in [0.25, 0.3) is 0 Å². The van der Waals surface area contributed by atoms with Crippen LogP contribution in [-0.4, -0.2) is 0 Å². The van der Waals surface area contributed by atoms with Gasteiger partial charge in [0.1, 0.15) is 0 Å². The molecule has 0 bridgehead atoms. The highest BCUT2D eigenvalue weighted by Crippen LogP contribution is 2.32. The molecule has 0 aromatic carbocycles. The maximum absolute atomic E-state index is 2.49. The van der Waals surface area contributed by atoms with Crippen LogP contribution < -0.4 is 0 Å². The average Bonchev–Trinajstić information content (AvgIpc) is 2.44. The summed E-state index contributed by atoms with van der Waals surface area (Å²) >= 11 is 0. The van der Waals surface area contributed by atoms with Crippen LogP contribution in [0.5, 0.6) is 0 Å². The van der Waals surface area contributed by atoms with Crippen molar-refractivity contribution in [2.45, 2.75) is 119 Å². The second kappa shape index (κ2) is 12.4. The standard InChI is InChI=1S/C22H46/c1-8-20(5)14-11-17-22(6,7)18-12-16-21(9-2)15-10-13-19(3)4/h19-21H,8-18H2,1-7H3. The van der Waals surface area contributed by atoms with Crippen LogP contribution in [0.4, 0.5) is 0 Å². The highest BCUT2D eigenvalue weighted by Gasteiger charge is 2.18. The number of hydrogen-bond acceptors (Lipinski definition) is 0. The predicted molar refractivity (Wildman–Crippen MR) is 103 cm³/mol. The summed E-state index contributed by atoms with van der Waals surface area (Å²) < 4.78 is 0. The Kier molecular flexibility index (Phi) is 12.4. The second-order valence-electron chi connectivity index (χ2n) is 9.06. The Balaban J connectivity index is 3.83. The van der Waals surface area contributed by atoms with Gasteiger partial charge in [-0.25, -0.2) is 0 Å². The molecule has 0 fully saturated rings. The van der Waals surface area contributed by atoms with Gasteiger partial charge in [-0.3, -0.25) is 0 Å². The fraction of sp³-hybridized carbons (Fsp3) is 1.00. The van der Waals surface area contributed by atoms with Crippen molar-refractivity contribution in [3.63, 3.8) is 0 Å². The first-order chi connectivity index (χ1) is 10.3. The molecule has 0 aromatic heterocycles. The summed E-state index contributed by atoms with van der Waals surface area (Å²) in [6, 6.07) is 0. The van der Waals surface area contributed by atoms with E-state index in [-0.39, 0.29) is 0 Å². The van der Waals surface area contributed by atoms with Crippen LogP contribution in [0.1, 0.15) is 119 Å². The smallest absolute Gasteiger partial charge is 0.0354 e. The SMILES string of the molecule is CCC(C)CCCC(C)(C)CCCC(CC)CCCC(C)C. The van der Waals surface area contributed by atoms with Gasteiger partial charge in [0.15, 0.2) is 0 Å². The van der Waals surface area contributed by atoms with Crippen molar-refractivity contribution in [1.82, 2.24) is 0 Å². The first kappa shape index (κ1) is 22.0. The lowest BCUT2D eigenvalue weighted by Crippen LogP contribution is -2.12. The molecule has 0 saturated heterocycles. The minimum atomic E-state index is 0.559. The van der Waals surface area contributed by atoms with E-state index in [1.54, 1.807) is 0 Å². The van der Waals surface area contributed by atoms with E-state index in [1.807, 2.05) is 0 Å². The second-order valence-corrected chi connectivity index (χ2v) is 9.06. The zero-order chi connectivity index (χ0) is 17.0. The molecule has 22 heavy (non-hydrogen) atoms. The lowest BCUT2D eigenvalue weighted by molar-refractivity contribution is 0.263. The van der Waals surface area contributed by atoms with Crippen LogP contribution >= 0.6 is 0 Å². The minimum absolute atomic E-state index is 0.559. The van der Waals surface area contributed by atoms with Crippen LogP contribution in [-0.2, 0) is 0 Å². The average molecular weight is 311 g/mol. The van der Waals surface area contributed by atoms with Crippen LogP contribution in [0.15, 0.2) is 0 Å². The fourth-order valence-electron chi connectivity index (χ4n) is 3.49. The first-order valence-electron chi connectivity index (χ1n) is 10.3. The van der Waals surface area contributed by atoms with Gasteiger partial charge in [-0.2, -0.15) is 0 Å². The molecule has 0 N–H and O–H groups in total. The van der Waals surface area contributed by atoms with Gasteiger partial charge < -0.3 is 0 Å². The molecule has 0 aliphatic heterocycles. The fourth-order valence-corrected chi connectivity index (χ4v) is 3.49. The lowest BCUT2D eigenvalue weighted by Gasteiger charge is -2.26. The monoisotopic (exact) mass is 310 g/mol. The van der Waals surface area contributed by atoms with Crippen molar-refractivity contribution in [3.05, 3.63) is 0 Å². The zero-order valence-corrected chi connectivity index (χ0v) is 17.0. The summed E-state index contributed by atoms with van der Waals surface area (Å²) in [5.41, 5.74) is 0.559. The molecule has 0 rings (SSSR count). The normalized spacial score (nSPS) is 15.3. The highest BCUT2D eigenvalue weighted by molar-refractivity contribution is 4.70. The molecule has 0 saturated carbocycles. The third-order valence-electron chi connectivity index (χ3n) is 5.68. The summed E-state index contributed by atoms with van der Waals surface area (Å²) in [6.07, 6.45) is 15.6. The molecular formula is C22H46. The van der Waals surface area contributed by atoms with Gasteiger partial charge in [-0.15, -0.1) is 0 Å². The van der Waals surface area contributed by atoms with Crippen molar-refractivity contribution < 1.29 is 0 Å². The molecule has 2 atom stereocenters. The number of hydrogen-bond donors (Lipinski definition) is 0. The molecule has 0 nitrogen and oxygen atoms in total. The molecule has 0 spiro atoms. The zero-order valence-electron chi connectivity index (χ0n) is 17.0. The van der Waals surface area contributed by atoms with E-state index in [4.69, 9.17) is 0 Å². The Bertz CT molecular complexity index is 238. The van der Waals surface area contributed by atoms with E-state index in [9.17, 15) is 0 Å². The predicted octanol–water partition coefficient (Wildman–Crippen LogP) is 8.25. The summed E-state index contributed by atoms with van der Waals surface area (Å²) in [7, 11) is 0. The van der Waals surface area contributed by atoms with Crippen molar-refractivity contribution >= 4 is 0 Å². The maximum atomic E-state index is 2.49. The van der Waals surface area contributed by atoms with Gasteiger partial charge in [-0.05, 0) is 36.0 Å². The molecule has 0 heterocycles. The molecule has 0 aliphatic carbocycles. The van der Waals surface area contributed by atoms with E-state index in [0.29, 0.717) is 5.41 Å². The number of rotatable bonds is 14. The Hall–Kier alpha value is 0. The lowest BCUT2D eigenvalue weighted by atomic mass is 9.80. The molecule has 134 valence electrons. The van der Waals surface area contributed by atoms with Crippen LogP contribution in [0.2, 0.25) is 0 Å². The molecular weight excluding hydrogens is 264 g/mol. The van der Waals surface area contributed by atoms with Gasteiger partial charge >= 0.3 is 0 Å². The molecule has 0 aromatic rings. The summed E-state index contributed by atoms with van der Waals surface area (Å²) in [6.45, 7) is 16.8. The largest absolute Gasteiger partial charge is 0.0651 e. The summed E-state index contributed by atoms with van der Waals surface area (Å²) in [5.74, 6) is 2.78. The van der Waals surface area contributed by atoms with Crippen molar-refractivity contribution in [3.8, 4) is 0 Å².